The molecule has 20 heavy (non-hydrogen) atoms. The van der Waals surface area contributed by atoms with Crippen molar-refractivity contribution in [1.29, 1.82) is 0 Å². The zero-order chi connectivity index (χ0) is 14.7. The topological polar surface area (TPSA) is 52.3 Å². The van der Waals surface area contributed by atoms with Crippen LogP contribution in [-0.2, 0) is 11.3 Å². The highest BCUT2D eigenvalue weighted by atomic mass is 79.9. The third kappa shape index (κ3) is 3.45. The van der Waals surface area contributed by atoms with Crippen LogP contribution >= 0.6 is 39.1 Å². The summed E-state index contributed by atoms with van der Waals surface area (Å²) in [5, 5.41) is 0.880. The van der Waals surface area contributed by atoms with Crippen LogP contribution in [0.25, 0.3) is 0 Å². The fourth-order valence-electron chi connectivity index (χ4n) is 1.56. The van der Waals surface area contributed by atoms with E-state index in [1.807, 2.05) is 0 Å². The molecule has 0 heterocycles. The van der Waals surface area contributed by atoms with Crippen molar-refractivity contribution in [3.63, 3.8) is 0 Å². The summed E-state index contributed by atoms with van der Waals surface area (Å²) in [7, 11) is 0. The van der Waals surface area contributed by atoms with Crippen LogP contribution in [0.5, 0.6) is 0 Å². The molecule has 0 saturated carbocycles. The van der Waals surface area contributed by atoms with Crippen molar-refractivity contribution >= 4 is 50.8 Å². The molecule has 0 radical (unpaired) electrons. The van der Waals surface area contributed by atoms with Gasteiger partial charge in [-0.1, -0.05) is 35.3 Å². The van der Waals surface area contributed by atoms with Crippen LogP contribution in [0.1, 0.15) is 15.9 Å². The van der Waals surface area contributed by atoms with E-state index in [1.54, 1.807) is 36.4 Å². The number of ether oxygens (including phenoxy) is 1. The van der Waals surface area contributed by atoms with Crippen LogP contribution in [0.3, 0.4) is 0 Å². The molecule has 0 unspecified atom stereocenters. The van der Waals surface area contributed by atoms with Crippen LogP contribution in [0.4, 0.5) is 5.69 Å². The summed E-state index contributed by atoms with van der Waals surface area (Å²) in [6.45, 7) is 0.108. The van der Waals surface area contributed by atoms with Gasteiger partial charge in [-0.05, 0) is 45.8 Å². The number of anilines is 1. The minimum Gasteiger partial charge on any atom is -0.457 e. The van der Waals surface area contributed by atoms with E-state index >= 15 is 0 Å². The quantitative estimate of drug-likeness (QED) is 0.626. The van der Waals surface area contributed by atoms with Gasteiger partial charge in [-0.25, -0.2) is 4.79 Å². The molecule has 0 saturated heterocycles. The third-order valence-electron chi connectivity index (χ3n) is 2.60. The number of hydrogen-bond donors (Lipinski definition) is 1. The highest BCUT2D eigenvalue weighted by Crippen LogP contribution is 2.25. The molecule has 2 aromatic rings. The molecule has 0 atom stereocenters. The lowest BCUT2D eigenvalue weighted by atomic mass is 10.2. The Bertz CT molecular complexity index is 662. The number of hydrogen-bond acceptors (Lipinski definition) is 3. The predicted octanol–water partition coefficient (Wildman–Crippen LogP) is 4.70. The fraction of sp³-hybridized carbons (Fsp3) is 0.0714. The Morgan fingerprint density at radius 2 is 1.95 bits per heavy atom. The van der Waals surface area contributed by atoms with E-state index < -0.39 is 5.97 Å². The maximum Gasteiger partial charge on any atom is 0.339 e. The van der Waals surface area contributed by atoms with Crippen LogP contribution in [0.2, 0.25) is 10.0 Å². The molecule has 0 aliphatic carbocycles. The van der Waals surface area contributed by atoms with Gasteiger partial charge in [0, 0.05) is 5.69 Å². The predicted molar refractivity (Wildman–Crippen MR) is 84.1 cm³/mol. The molecule has 0 aliphatic rings. The lowest BCUT2D eigenvalue weighted by Crippen LogP contribution is -2.07. The van der Waals surface area contributed by atoms with Gasteiger partial charge in [0.15, 0.2) is 0 Å². The summed E-state index contributed by atoms with van der Waals surface area (Å²) in [6.07, 6.45) is 0. The zero-order valence-corrected chi connectivity index (χ0v) is 13.3. The van der Waals surface area contributed by atoms with Crippen LogP contribution in [-0.4, -0.2) is 5.97 Å². The molecule has 0 aliphatic heterocycles. The molecular weight excluding hydrogens is 365 g/mol. The van der Waals surface area contributed by atoms with E-state index in [4.69, 9.17) is 33.7 Å². The van der Waals surface area contributed by atoms with E-state index in [0.29, 0.717) is 25.8 Å². The van der Waals surface area contributed by atoms with Crippen molar-refractivity contribution in [3.8, 4) is 0 Å². The summed E-state index contributed by atoms with van der Waals surface area (Å²) in [5.74, 6) is -0.463. The Labute approximate surface area is 134 Å². The number of esters is 1. The Kier molecular flexibility index (Phi) is 4.91. The van der Waals surface area contributed by atoms with Crippen LogP contribution < -0.4 is 5.73 Å². The smallest absolute Gasteiger partial charge is 0.339 e. The molecule has 6 heteroatoms. The summed E-state index contributed by atoms with van der Waals surface area (Å²) >= 11 is 15.0. The normalized spacial score (nSPS) is 10.3. The van der Waals surface area contributed by atoms with E-state index in [-0.39, 0.29) is 6.61 Å². The van der Waals surface area contributed by atoms with Crippen LogP contribution in [0, 0.1) is 0 Å². The van der Waals surface area contributed by atoms with E-state index in [1.165, 1.54) is 0 Å². The van der Waals surface area contributed by atoms with Crippen LogP contribution in [0.15, 0.2) is 40.9 Å². The first-order valence-electron chi connectivity index (χ1n) is 5.64. The van der Waals surface area contributed by atoms with Crippen molar-refractivity contribution in [2.75, 3.05) is 5.73 Å². The Hall–Kier alpha value is -1.23. The number of carbonyl (C=O) groups excluding carboxylic acids is 1. The molecular formula is C14H10BrCl2NO2. The van der Waals surface area contributed by atoms with Gasteiger partial charge < -0.3 is 10.5 Å². The first-order chi connectivity index (χ1) is 9.49. The minimum absolute atomic E-state index is 0.108. The molecule has 104 valence electrons. The van der Waals surface area contributed by atoms with Crippen molar-refractivity contribution in [2.24, 2.45) is 0 Å². The summed E-state index contributed by atoms with van der Waals surface area (Å²) < 4.78 is 5.75. The molecule has 0 amide bonds. The molecule has 2 N–H and O–H groups in total. The largest absolute Gasteiger partial charge is 0.457 e. The van der Waals surface area contributed by atoms with E-state index in [0.717, 1.165) is 5.56 Å². The van der Waals surface area contributed by atoms with Gasteiger partial charge in [0.05, 0.1) is 20.1 Å². The second kappa shape index (κ2) is 6.48. The maximum atomic E-state index is 12.0. The monoisotopic (exact) mass is 373 g/mol. The van der Waals surface area contributed by atoms with Gasteiger partial charge in [-0.3, -0.25) is 0 Å². The SMILES string of the molecule is Nc1cccc(C(=O)OCc2ccc(Cl)c(Cl)c2)c1Br. The molecule has 0 aromatic heterocycles. The van der Waals surface area contributed by atoms with Gasteiger partial charge in [0.2, 0.25) is 0 Å². The standard InChI is InChI=1S/C14H10BrCl2NO2/c15-13-9(2-1-3-12(13)18)14(19)20-7-8-4-5-10(16)11(17)6-8/h1-6H,7,18H2. The third-order valence-corrected chi connectivity index (χ3v) is 4.23. The first kappa shape index (κ1) is 15.2. The van der Waals surface area contributed by atoms with Gasteiger partial charge in [0.1, 0.15) is 6.61 Å². The average molecular weight is 375 g/mol. The first-order valence-corrected chi connectivity index (χ1v) is 7.19. The van der Waals surface area contributed by atoms with Gasteiger partial charge in [-0.15, -0.1) is 0 Å². The van der Waals surface area contributed by atoms with Crippen molar-refractivity contribution in [1.82, 2.24) is 0 Å². The molecule has 0 bridgehead atoms. The summed E-state index contributed by atoms with van der Waals surface area (Å²) in [5.41, 5.74) is 7.33. The summed E-state index contributed by atoms with van der Waals surface area (Å²) in [6, 6.07) is 10.1. The summed E-state index contributed by atoms with van der Waals surface area (Å²) in [4.78, 5) is 12.0. The second-order valence-electron chi connectivity index (χ2n) is 4.03. The van der Waals surface area contributed by atoms with Gasteiger partial charge in [0.25, 0.3) is 0 Å². The molecule has 2 aromatic carbocycles. The molecule has 0 spiro atoms. The highest BCUT2D eigenvalue weighted by molar-refractivity contribution is 9.10. The van der Waals surface area contributed by atoms with Gasteiger partial charge >= 0.3 is 5.97 Å². The van der Waals surface area contributed by atoms with Crippen molar-refractivity contribution < 1.29 is 9.53 Å². The average Bonchev–Trinajstić information content (AvgIpc) is 2.43. The number of halogens is 3. The number of carbonyl (C=O) groups is 1. The minimum atomic E-state index is -0.463. The highest BCUT2D eigenvalue weighted by Gasteiger charge is 2.13. The fourth-order valence-corrected chi connectivity index (χ4v) is 2.31. The number of nitrogen functional groups attached to an aromatic ring is 1. The number of benzene rings is 2. The van der Waals surface area contributed by atoms with E-state index in [2.05, 4.69) is 15.9 Å². The van der Waals surface area contributed by atoms with Crippen molar-refractivity contribution in [3.05, 3.63) is 62.0 Å². The Balaban J connectivity index is 2.08. The lowest BCUT2D eigenvalue weighted by molar-refractivity contribution is 0.0471. The zero-order valence-electron chi connectivity index (χ0n) is 10.2. The molecule has 2 rings (SSSR count). The second-order valence-corrected chi connectivity index (χ2v) is 5.64. The Morgan fingerprint density at radius 1 is 1.20 bits per heavy atom. The maximum absolute atomic E-state index is 12.0. The number of nitrogens with two attached hydrogens (primary N) is 1. The Morgan fingerprint density at radius 3 is 2.65 bits per heavy atom. The molecule has 0 fully saturated rings. The number of rotatable bonds is 3. The van der Waals surface area contributed by atoms with Crippen molar-refractivity contribution in [2.45, 2.75) is 6.61 Å². The van der Waals surface area contributed by atoms with E-state index in [9.17, 15) is 4.79 Å². The molecule has 3 nitrogen and oxygen atoms in total. The lowest BCUT2D eigenvalue weighted by Gasteiger charge is -2.08. The van der Waals surface area contributed by atoms with Gasteiger partial charge in [-0.2, -0.15) is 0 Å².